The van der Waals surface area contributed by atoms with E-state index >= 15 is 0 Å². The van der Waals surface area contributed by atoms with Gasteiger partial charge in [-0.25, -0.2) is 13.4 Å². The number of aromatic nitrogens is 2. The Bertz CT molecular complexity index is 1090. The summed E-state index contributed by atoms with van der Waals surface area (Å²) in [6.45, 7) is 1.81. The molecule has 0 aliphatic carbocycles. The molecule has 1 fully saturated rings. The molecule has 0 bridgehead atoms. The van der Waals surface area contributed by atoms with Crippen molar-refractivity contribution in [2.45, 2.75) is 16.7 Å². The van der Waals surface area contributed by atoms with E-state index in [-0.39, 0.29) is 10.3 Å². The number of alkyl halides is 1. The standard InChI is InChI=1S/C20H19Cl2N3O2S/c1-28(26,27)18-8-6-17(7-9-18)25-13-23-20(22)19(25)14-2-4-16(5-3-14)24-11-10-15(21)12-24/h2-9,13,15H,10-12H2,1H3. The van der Waals surface area contributed by atoms with Crippen molar-refractivity contribution in [3.05, 3.63) is 60.0 Å². The fourth-order valence-corrected chi connectivity index (χ4v) is 4.56. The molecule has 28 heavy (non-hydrogen) atoms. The van der Waals surface area contributed by atoms with Crippen LogP contribution < -0.4 is 4.90 Å². The normalized spacial score (nSPS) is 17.2. The number of nitrogens with zero attached hydrogens (tertiary/aromatic N) is 3. The van der Waals surface area contributed by atoms with Gasteiger partial charge in [0.1, 0.15) is 6.33 Å². The third-order valence-corrected chi connectivity index (χ3v) is 6.66. The molecule has 1 aliphatic heterocycles. The number of benzene rings is 2. The van der Waals surface area contributed by atoms with E-state index in [0.717, 1.165) is 42.1 Å². The van der Waals surface area contributed by atoms with Crippen LogP contribution in [0, 0.1) is 0 Å². The van der Waals surface area contributed by atoms with E-state index in [1.807, 2.05) is 16.7 Å². The van der Waals surface area contributed by atoms with Crippen molar-refractivity contribution >= 4 is 38.7 Å². The van der Waals surface area contributed by atoms with E-state index in [1.54, 1.807) is 30.6 Å². The Morgan fingerprint density at radius 2 is 1.68 bits per heavy atom. The average Bonchev–Trinajstić information content (AvgIpc) is 3.27. The number of anilines is 1. The van der Waals surface area contributed by atoms with Crippen LogP contribution in [0.4, 0.5) is 5.69 Å². The molecule has 0 saturated carbocycles. The fraction of sp³-hybridized carbons (Fsp3) is 0.250. The van der Waals surface area contributed by atoms with Gasteiger partial charge in [0.05, 0.1) is 16.0 Å². The summed E-state index contributed by atoms with van der Waals surface area (Å²) in [4.78, 5) is 6.78. The van der Waals surface area contributed by atoms with Crippen molar-refractivity contribution < 1.29 is 8.42 Å². The molecule has 0 N–H and O–H groups in total. The molecule has 1 aromatic heterocycles. The summed E-state index contributed by atoms with van der Waals surface area (Å²) in [5.74, 6) is 0. The van der Waals surface area contributed by atoms with E-state index in [9.17, 15) is 8.42 Å². The summed E-state index contributed by atoms with van der Waals surface area (Å²) < 4.78 is 25.2. The molecule has 8 heteroatoms. The lowest BCUT2D eigenvalue weighted by molar-refractivity contribution is 0.602. The van der Waals surface area contributed by atoms with Gasteiger partial charge in [0, 0.05) is 36.3 Å². The molecule has 3 aromatic rings. The number of halogens is 2. The Hall–Kier alpha value is -2.02. The fourth-order valence-electron chi connectivity index (χ4n) is 3.42. The number of hydrogen-bond acceptors (Lipinski definition) is 4. The van der Waals surface area contributed by atoms with Crippen LogP contribution in [0.3, 0.4) is 0 Å². The molecule has 0 spiro atoms. The minimum absolute atomic E-state index is 0.199. The van der Waals surface area contributed by atoms with E-state index in [4.69, 9.17) is 23.2 Å². The molecule has 2 aromatic carbocycles. The van der Waals surface area contributed by atoms with Gasteiger partial charge >= 0.3 is 0 Å². The van der Waals surface area contributed by atoms with Crippen LogP contribution in [-0.2, 0) is 9.84 Å². The third-order valence-electron chi connectivity index (χ3n) is 4.90. The smallest absolute Gasteiger partial charge is 0.175 e. The molecule has 2 heterocycles. The summed E-state index contributed by atoms with van der Waals surface area (Å²) >= 11 is 12.6. The first-order valence-electron chi connectivity index (χ1n) is 8.86. The summed E-state index contributed by atoms with van der Waals surface area (Å²) in [5, 5.41) is 0.590. The zero-order valence-electron chi connectivity index (χ0n) is 15.2. The van der Waals surface area contributed by atoms with Crippen molar-refractivity contribution in [2.24, 2.45) is 0 Å². The Kier molecular flexibility index (Phi) is 5.12. The van der Waals surface area contributed by atoms with Gasteiger partial charge in [-0.05, 0) is 42.8 Å². The minimum atomic E-state index is -3.24. The van der Waals surface area contributed by atoms with Gasteiger partial charge in [0.2, 0.25) is 0 Å². The highest BCUT2D eigenvalue weighted by Crippen LogP contribution is 2.32. The molecule has 1 aliphatic rings. The molecule has 1 saturated heterocycles. The van der Waals surface area contributed by atoms with Crippen LogP contribution in [0.15, 0.2) is 59.8 Å². The second kappa shape index (κ2) is 7.43. The highest BCUT2D eigenvalue weighted by atomic mass is 35.5. The topological polar surface area (TPSA) is 55.2 Å². The highest BCUT2D eigenvalue weighted by molar-refractivity contribution is 7.90. The van der Waals surface area contributed by atoms with Crippen LogP contribution in [0.1, 0.15) is 6.42 Å². The van der Waals surface area contributed by atoms with Crippen LogP contribution in [0.5, 0.6) is 0 Å². The zero-order valence-corrected chi connectivity index (χ0v) is 17.5. The predicted molar refractivity (Wildman–Crippen MR) is 114 cm³/mol. The summed E-state index contributed by atoms with van der Waals surface area (Å²) in [5.41, 5.74) is 3.61. The first kappa shape index (κ1) is 19.3. The van der Waals surface area contributed by atoms with Crippen LogP contribution in [0.25, 0.3) is 16.9 Å². The average molecular weight is 436 g/mol. The predicted octanol–water partition coefficient (Wildman–Crippen LogP) is 4.41. The van der Waals surface area contributed by atoms with Crippen molar-refractivity contribution in [3.8, 4) is 16.9 Å². The Balaban J connectivity index is 1.67. The van der Waals surface area contributed by atoms with Crippen LogP contribution >= 0.6 is 23.2 Å². The van der Waals surface area contributed by atoms with E-state index in [0.29, 0.717) is 5.15 Å². The maximum Gasteiger partial charge on any atom is 0.175 e. The van der Waals surface area contributed by atoms with Gasteiger partial charge in [0.15, 0.2) is 15.0 Å². The zero-order chi connectivity index (χ0) is 19.9. The van der Waals surface area contributed by atoms with E-state index < -0.39 is 9.84 Å². The Labute approximate surface area is 174 Å². The summed E-state index contributed by atoms with van der Waals surface area (Å²) in [6, 6.07) is 14.8. The van der Waals surface area contributed by atoms with Crippen molar-refractivity contribution in [2.75, 3.05) is 24.2 Å². The quantitative estimate of drug-likeness (QED) is 0.569. The largest absolute Gasteiger partial charge is 0.370 e. The van der Waals surface area contributed by atoms with Crippen molar-refractivity contribution in [1.29, 1.82) is 0 Å². The van der Waals surface area contributed by atoms with Crippen LogP contribution in [-0.4, -0.2) is 42.7 Å². The lowest BCUT2D eigenvalue weighted by Gasteiger charge is -2.18. The summed E-state index contributed by atoms with van der Waals surface area (Å²) in [6.07, 6.45) is 3.82. The molecule has 4 rings (SSSR count). The Morgan fingerprint density at radius 1 is 1.04 bits per heavy atom. The number of hydrogen-bond donors (Lipinski definition) is 0. The van der Waals surface area contributed by atoms with Gasteiger partial charge in [-0.15, -0.1) is 11.6 Å². The van der Waals surface area contributed by atoms with Gasteiger partial charge < -0.3 is 4.90 Å². The molecule has 0 amide bonds. The molecule has 5 nitrogen and oxygen atoms in total. The second-order valence-electron chi connectivity index (χ2n) is 6.90. The van der Waals surface area contributed by atoms with E-state index in [1.165, 1.54) is 6.26 Å². The first-order chi connectivity index (χ1) is 13.3. The number of rotatable bonds is 4. The number of imidazole rings is 1. The lowest BCUT2D eigenvalue weighted by atomic mass is 10.1. The third kappa shape index (κ3) is 3.77. The molecular formula is C20H19Cl2N3O2S. The van der Waals surface area contributed by atoms with Crippen molar-refractivity contribution in [3.63, 3.8) is 0 Å². The highest BCUT2D eigenvalue weighted by Gasteiger charge is 2.21. The summed E-state index contributed by atoms with van der Waals surface area (Å²) in [7, 11) is -3.24. The molecule has 1 unspecified atom stereocenters. The maximum absolute atomic E-state index is 11.7. The number of sulfone groups is 1. The van der Waals surface area contributed by atoms with Crippen molar-refractivity contribution in [1.82, 2.24) is 9.55 Å². The van der Waals surface area contributed by atoms with Gasteiger partial charge in [0.25, 0.3) is 0 Å². The second-order valence-corrected chi connectivity index (χ2v) is 9.89. The van der Waals surface area contributed by atoms with Crippen LogP contribution in [0.2, 0.25) is 5.15 Å². The minimum Gasteiger partial charge on any atom is -0.370 e. The monoisotopic (exact) mass is 435 g/mol. The SMILES string of the molecule is CS(=O)(=O)c1ccc(-n2cnc(Cl)c2-c2ccc(N3CCC(Cl)C3)cc2)cc1. The lowest BCUT2D eigenvalue weighted by Crippen LogP contribution is -2.19. The van der Waals surface area contributed by atoms with Gasteiger partial charge in [-0.3, -0.25) is 4.57 Å². The molecule has 1 atom stereocenters. The Morgan fingerprint density at radius 3 is 2.25 bits per heavy atom. The first-order valence-corrected chi connectivity index (χ1v) is 11.6. The maximum atomic E-state index is 11.7. The molecule has 146 valence electrons. The van der Waals surface area contributed by atoms with E-state index in [2.05, 4.69) is 22.0 Å². The molecule has 0 radical (unpaired) electrons. The van der Waals surface area contributed by atoms with Gasteiger partial charge in [-0.1, -0.05) is 23.7 Å². The van der Waals surface area contributed by atoms with Gasteiger partial charge in [-0.2, -0.15) is 0 Å². The molecular weight excluding hydrogens is 417 g/mol.